The first kappa shape index (κ1) is 13.5. The number of ether oxygens (including phenoxy) is 1. The zero-order valence-corrected chi connectivity index (χ0v) is 11.2. The lowest BCUT2D eigenvalue weighted by molar-refractivity contribution is -0.0289. The molecule has 0 radical (unpaired) electrons. The summed E-state index contributed by atoms with van der Waals surface area (Å²) in [6.07, 6.45) is 3.79. The van der Waals surface area contributed by atoms with Gasteiger partial charge < -0.3 is 10.1 Å². The Kier molecular flexibility index (Phi) is 4.72. The molecule has 2 rings (SSSR count). The average molecular weight is 251 g/mol. The second-order valence-electron chi connectivity index (χ2n) is 5.05. The molecule has 1 N–H and O–H groups in total. The fraction of sp³-hybridized carbons (Fsp3) is 0.600. The van der Waals surface area contributed by atoms with Crippen molar-refractivity contribution in [2.45, 2.75) is 38.3 Å². The second-order valence-corrected chi connectivity index (χ2v) is 5.05. The Morgan fingerprint density at radius 3 is 2.83 bits per heavy atom. The van der Waals surface area contributed by atoms with E-state index in [1.807, 2.05) is 20.0 Å². The highest BCUT2D eigenvalue weighted by Gasteiger charge is 2.31. The van der Waals surface area contributed by atoms with Crippen molar-refractivity contribution in [3.63, 3.8) is 0 Å². The van der Waals surface area contributed by atoms with Crippen molar-refractivity contribution in [2.24, 2.45) is 5.92 Å². The summed E-state index contributed by atoms with van der Waals surface area (Å²) in [5.74, 6) is 0.538. The van der Waals surface area contributed by atoms with Gasteiger partial charge in [0.05, 0.1) is 6.10 Å². The van der Waals surface area contributed by atoms with Gasteiger partial charge in [-0.2, -0.15) is 0 Å². The summed E-state index contributed by atoms with van der Waals surface area (Å²) in [4.78, 5) is 0. The zero-order chi connectivity index (χ0) is 13.0. The molecule has 0 heterocycles. The minimum absolute atomic E-state index is 0.159. The van der Waals surface area contributed by atoms with Gasteiger partial charge in [-0.25, -0.2) is 4.39 Å². The Morgan fingerprint density at radius 2 is 2.22 bits per heavy atom. The van der Waals surface area contributed by atoms with Crippen molar-refractivity contribution < 1.29 is 9.13 Å². The van der Waals surface area contributed by atoms with Gasteiger partial charge in [0.1, 0.15) is 5.82 Å². The Balaban J connectivity index is 1.87. The molecule has 1 aromatic carbocycles. The van der Waals surface area contributed by atoms with Gasteiger partial charge in [0.2, 0.25) is 0 Å². The molecule has 1 unspecified atom stereocenters. The van der Waals surface area contributed by atoms with Gasteiger partial charge in [0.15, 0.2) is 0 Å². The lowest BCUT2D eigenvalue weighted by Gasteiger charge is -2.37. The number of benzene rings is 1. The van der Waals surface area contributed by atoms with Crippen LogP contribution in [0.1, 0.15) is 37.8 Å². The van der Waals surface area contributed by atoms with Crippen molar-refractivity contribution >= 4 is 0 Å². The van der Waals surface area contributed by atoms with Gasteiger partial charge >= 0.3 is 0 Å². The molecule has 1 fully saturated rings. The predicted octanol–water partition coefficient (Wildman–Crippen LogP) is 3.29. The Hall–Kier alpha value is -0.930. The molecule has 18 heavy (non-hydrogen) atoms. The highest BCUT2D eigenvalue weighted by atomic mass is 19.1. The van der Waals surface area contributed by atoms with Gasteiger partial charge in [-0.3, -0.25) is 0 Å². The number of hydrogen-bond acceptors (Lipinski definition) is 2. The van der Waals surface area contributed by atoms with E-state index < -0.39 is 0 Å². The van der Waals surface area contributed by atoms with Gasteiger partial charge in [0.25, 0.3) is 0 Å². The number of rotatable bonds is 6. The van der Waals surface area contributed by atoms with Gasteiger partial charge in [0, 0.05) is 12.6 Å². The van der Waals surface area contributed by atoms with Crippen LogP contribution in [-0.4, -0.2) is 19.8 Å². The van der Waals surface area contributed by atoms with Gasteiger partial charge in [-0.15, -0.1) is 0 Å². The van der Waals surface area contributed by atoms with E-state index in [1.54, 1.807) is 12.1 Å². The van der Waals surface area contributed by atoms with E-state index in [0.717, 1.165) is 31.4 Å². The maximum Gasteiger partial charge on any atom is 0.123 e. The Morgan fingerprint density at radius 1 is 1.44 bits per heavy atom. The maximum atomic E-state index is 13.2. The van der Waals surface area contributed by atoms with Crippen molar-refractivity contribution in [1.82, 2.24) is 5.32 Å². The third-order valence-electron chi connectivity index (χ3n) is 3.76. The first-order valence-electron chi connectivity index (χ1n) is 6.77. The topological polar surface area (TPSA) is 21.3 Å². The quantitative estimate of drug-likeness (QED) is 0.837. The molecule has 2 nitrogen and oxygen atoms in total. The minimum atomic E-state index is -0.159. The van der Waals surface area contributed by atoms with Crippen LogP contribution < -0.4 is 5.32 Å². The van der Waals surface area contributed by atoms with Crippen LogP contribution >= 0.6 is 0 Å². The lowest BCUT2D eigenvalue weighted by Crippen LogP contribution is -2.34. The maximum absolute atomic E-state index is 13.2. The molecule has 3 heteroatoms. The van der Waals surface area contributed by atoms with E-state index in [1.165, 1.54) is 6.07 Å². The lowest BCUT2D eigenvalue weighted by atomic mass is 9.77. The van der Waals surface area contributed by atoms with E-state index in [-0.39, 0.29) is 11.9 Å². The van der Waals surface area contributed by atoms with Crippen molar-refractivity contribution in [2.75, 3.05) is 13.7 Å². The van der Waals surface area contributed by atoms with Gasteiger partial charge in [-0.05, 0) is 56.8 Å². The molecule has 100 valence electrons. The van der Waals surface area contributed by atoms with Crippen LogP contribution in [-0.2, 0) is 4.74 Å². The van der Waals surface area contributed by atoms with Crippen LogP contribution in [0.5, 0.6) is 0 Å². The minimum Gasteiger partial charge on any atom is -0.378 e. The van der Waals surface area contributed by atoms with Crippen LogP contribution in [0.3, 0.4) is 0 Å². The predicted molar refractivity (Wildman–Crippen MR) is 71.0 cm³/mol. The summed E-state index contributed by atoms with van der Waals surface area (Å²) in [5, 5.41) is 3.28. The molecule has 1 aliphatic carbocycles. The Labute approximate surface area is 109 Å². The fourth-order valence-electron chi connectivity index (χ4n) is 2.72. The van der Waals surface area contributed by atoms with Crippen molar-refractivity contribution in [1.29, 1.82) is 0 Å². The zero-order valence-electron chi connectivity index (χ0n) is 11.2. The average Bonchev–Trinajstić information content (AvgIpc) is 2.32. The highest BCUT2D eigenvalue weighted by Crippen LogP contribution is 2.36. The molecule has 1 saturated carbocycles. The third kappa shape index (κ3) is 3.30. The van der Waals surface area contributed by atoms with Crippen LogP contribution in [0.2, 0.25) is 0 Å². The normalized spacial score (nSPS) is 24.6. The molecule has 0 bridgehead atoms. The molecule has 0 spiro atoms. The van der Waals surface area contributed by atoms with E-state index in [9.17, 15) is 4.39 Å². The summed E-state index contributed by atoms with van der Waals surface area (Å²) in [6.45, 7) is 2.84. The largest absolute Gasteiger partial charge is 0.378 e. The summed E-state index contributed by atoms with van der Waals surface area (Å²) in [6, 6.07) is 7.12. The summed E-state index contributed by atoms with van der Waals surface area (Å²) in [7, 11) is 1.94. The number of halogens is 1. The fourth-order valence-corrected chi connectivity index (χ4v) is 2.72. The molecule has 0 saturated heterocycles. The van der Waals surface area contributed by atoms with E-state index in [0.29, 0.717) is 12.0 Å². The Bertz CT molecular complexity index is 377. The number of nitrogens with one attached hydrogen (secondary N) is 1. The van der Waals surface area contributed by atoms with Crippen molar-refractivity contribution in [3.05, 3.63) is 35.6 Å². The van der Waals surface area contributed by atoms with Crippen LogP contribution in [0.4, 0.5) is 4.39 Å². The summed E-state index contributed by atoms with van der Waals surface area (Å²) < 4.78 is 18.8. The van der Waals surface area contributed by atoms with Crippen LogP contribution in [0.15, 0.2) is 24.3 Å². The van der Waals surface area contributed by atoms with Gasteiger partial charge in [-0.1, -0.05) is 12.1 Å². The standard InChI is InChI=1S/C15H22FNO/c1-3-18-14-7-11(8-14)9-15(17-2)12-5-4-6-13(16)10-12/h4-6,10-11,14-15,17H,3,7-9H2,1-2H3. The van der Waals surface area contributed by atoms with Crippen LogP contribution in [0, 0.1) is 11.7 Å². The van der Waals surface area contributed by atoms with E-state index in [2.05, 4.69) is 5.32 Å². The summed E-state index contributed by atoms with van der Waals surface area (Å²) in [5.41, 5.74) is 1.04. The molecule has 0 aromatic heterocycles. The smallest absolute Gasteiger partial charge is 0.123 e. The molecular formula is C15H22FNO. The molecule has 1 atom stereocenters. The molecule has 0 amide bonds. The monoisotopic (exact) mass is 251 g/mol. The van der Waals surface area contributed by atoms with E-state index >= 15 is 0 Å². The summed E-state index contributed by atoms with van der Waals surface area (Å²) >= 11 is 0. The SMILES string of the molecule is CCOC1CC(CC(NC)c2cccc(F)c2)C1. The third-order valence-corrected chi connectivity index (χ3v) is 3.76. The first-order valence-corrected chi connectivity index (χ1v) is 6.77. The number of hydrogen-bond donors (Lipinski definition) is 1. The molecule has 1 aliphatic rings. The van der Waals surface area contributed by atoms with Crippen molar-refractivity contribution in [3.8, 4) is 0 Å². The second kappa shape index (κ2) is 6.30. The molecular weight excluding hydrogens is 229 g/mol. The highest BCUT2D eigenvalue weighted by molar-refractivity contribution is 5.20. The molecule has 1 aromatic rings. The van der Waals surface area contributed by atoms with E-state index in [4.69, 9.17) is 4.74 Å². The first-order chi connectivity index (χ1) is 8.72. The molecule has 0 aliphatic heterocycles. The van der Waals surface area contributed by atoms with Crippen LogP contribution in [0.25, 0.3) is 0 Å².